The van der Waals surface area contributed by atoms with Crippen LogP contribution in [-0.2, 0) is 9.59 Å². The van der Waals surface area contributed by atoms with Crippen LogP contribution in [-0.4, -0.2) is 27.5 Å². The Hall–Kier alpha value is -1.49. The van der Waals surface area contributed by atoms with E-state index in [0.717, 1.165) is 23.0 Å². The number of anilines is 1. The zero-order chi connectivity index (χ0) is 13.8. The summed E-state index contributed by atoms with van der Waals surface area (Å²) in [6, 6.07) is 7.47. The molecule has 5 heteroatoms. The number of carbonyl (C=O) groups is 2. The Bertz CT molecular complexity index is 457. The molecule has 0 aliphatic rings. The van der Waals surface area contributed by atoms with Crippen LogP contribution >= 0.6 is 11.8 Å². The Labute approximate surface area is 111 Å². The number of rotatable bonds is 5. The minimum Gasteiger partial charge on any atom is -0.480 e. The highest BCUT2D eigenvalue weighted by atomic mass is 32.2. The van der Waals surface area contributed by atoms with E-state index < -0.39 is 10.7 Å². The van der Waals surface area contributed by atoms with Gasteiger partial charge in [0.15, 0.2) is 0 Å². The van der Waals surface area contributed by atoms with Crippen molar-refractivity contribution < 1.29 is 14.7 Å². The molecule has 0 aliphatic carbocycles. The zero-order valence-corrected chi connectivity index (χ0v) is 11.5. The number of hydrogen-bond acceptors (Lipinski definition) is 3. The van der Waals surface area contributed by atoms with Crippen LogP contribution in [0.2, 0.25) is 0 Å². The second-order valence-electron chi connectivity index (χ2n) is 4.47. The van der Waals surface area contributed by atoms with Gasteiger partial charge in [-0.1, -0.05) is 18.2 Å². The van der Waals surface area contributed by atoms with E-state index in [1.165, 1.54) is 0 Å². The summed E-state index contributed by atoms with van der Waals surface area (Å²) in [7, 11) is 0. The molecule has 0 heterocycles. The number of amides is 1. The number of carboxylic acid groups (broad SMARTS) is 1. The third kappa shape index (κ3) is 4.07. The first-order valence-corrected chi connectivity index (χ1v) is 6.54. The summed E-state index contributed by atoms with van der Waals surface area (Å²) in [6.07, 6.45) is 0. The lowest BCUT2D eigenvalue weighted by Gasteiger charge is -2.18. The molecule has 4 nitrogen and oxygen atoms in total. The third-order valence-corrected chi connectivity index (χ3v) is 3.80. The van der Waals surface area contributed by atoms with Gasteiger partial charge in [-0.2, -0.15) is 0 Å². The van der Waals surface area contributed by atoms with Crippen LogP contribution in [0.1, 0.15) is 19.4 Å². The molecule has 18 heavy (non-hydrogen) atoms. The van der Waals surface area contributed by atoms with Crippen LogP contribution in [0.25, 0.3) is 0 Å². The van der Waals surface area contributed by atoms with Crippen molar-refractivity contribution in [1.82, 2.24) is 0 Å². The van der Waals surface area contributed by atoms with Crippen molar-refractivity contribution in [1.29, 1.82) is 0 Å². The molecule has 1 aromatic carbocycles. The maximum Gasteiger partial charge on any atom is 0.319 e. The van der Waals surface area contributed by atoms with Crippen molar-refractivity contribution >= 4 is 29.3 Å². The molecule has 0 saturated heterocycles. The second kappa shape index (κ2) is 5.91. The number of carbonyl (C=O) groups excluding carboxylic acids is 1. The maximum absolute atomic E-state index is 11.7. The number of benzene rings is 1. The number of aliphatic carboxylic acids is 1. The second-order valence-corrected chi connectivity index (χ2v) is 6.07. The summed E-state index contributed by atoms with van der Waals surface area (Å²) in [5.74, 6) is -0.993. The van der Waals surface area contributed by atoms with E-state index in [9.17, 15) is 9.59 Å². The molecule has 0 aromatic heterocycles. The van der Waals surface area contributed by atoms with Crippen LogP contribution in [0.4, 0.5) is 5.69 Å². The fourth-order valence-corrected chi connectivity index (χ4v) is 1.89. The summed E-state index contributed by atoms with van der Waals surface area (Å²) in [5.41, 5.74) is 1.74. The Kier molecular flexibility index (Phi) is 4.78. The molecule has 2 N–H and O–H groups in total. The predicted octanol–water partition coefficient (Wildman–Crippen LogP) is 2.53. The highest BCUT2D eigenvalue weighted by Crippen LogP contribution is 2.24. The van der Waals surface area contributed by atoms with Crippen molar-refractivity contribution in [2.24, 2.45) is 0 Å². The van der Waals surface area contributed by atoms with Crippen LogP contribution in [0.15, 0.2) is 24.3 Å². The summed E-state index contributed by atoms with van der Waals surface area (Å²) >= 11 is 1.11. The van der Waals surface area contributed by atoms with Crippen LogP contribution in [0.3, 0.4) is 0 Å². The average Bonchev–Trinajstić information content (AvgIpc) is 2.29. The minimum atomic E-state index is -0.955. The summed E-state index contributed by atoms with van der Waals surface area (Å²) in [4.78, 5) is 22.6. The first kappa shape index (κ1) is 14.6. The minimum absolute atomic E-state index is 0.119. The monoisotopic (exact) mass is 267 g/mol. The highest BCUT2D eigenvalue weighted by Gasteiger charge is 2.28. The van der Waals surface area contributed by atoms with E-state index in [1.807, 2.05) is 31.2 Å². The van der Waals surface area contributed by atoms with Gasteiger partial charge in [-0.15, -0.1) is 11.8 Å². The lowest BCUT2D eigenvalue weighted by atomic mass is 10.2. The van der Waals surface area contributed by atoms with Crippen molar-refractivity contribution in [2.75, 3.05) is 11.1 Å². The normalized spacial score (nSPS) is 11.1. The van der Waals surface area contributed by atoms with Gasteiger partial charge in [0.05, 0.1) is 5.75 Å². The molecule has 0 aliphatic heterocycles. The average molecular weight is 267 g/mol. The van der Waals surface area contributed by atoms with Gasteiger partial charge in [0.25, 0.3) is 0 Å². The van der Waals surface area contributed by atoms with Gasteiger partial charge in [-0.3, -0.25) is 9.59 Å². The first-order valence-electron chi connectivity index (χ1n) is 5.56. The SMILES string of the molecule is Cc1ccccc1NC(=O)CSC(C)(C)C(=O)O. The number of para-hydroxylation sites is 1. The summed E-state index contributed by atoms with van der Waals surface area (Å²) in [5, 5.41) is 11.7. The van der Waals surface area contributed by atoms with Crippen molar-refractivity contribution in [2.45, 2.75) is 25.5 Å². The predicted molar refractivity (Wildman–Crippen MR) is 74.0 cm³/mol. The molecule has 0 unspecified atom stereocenters. The number of nitrogens with one attached hydrogen (secondary N) is 1. The van der Waals surface area contributed by atoms with Crippen molar-refractivity contribution in [3.63, 3.8) is 0 Å². The molecule has 0 radical (unpaired) electrons. The van der Waals surface area contributed by atoms with Crippen LogP contribution in [0.5, 0.6) is 0 Å². The largest absolute Gasteiger partial charge is 0.480 e. The number of thioether (sulfide) groups is 1. The van der Waals surface area contributed by atoms with E-state index in [0.29, 0.717) is 0 Å². The Morgan fingerprint density at radius 1 is 1.33 bits per heavy atom. The quantitative estimate of drug-likeness (QED) is 0.860. The molecule has 0 fully saturated rings. The molecule has 0 atom stereocenters. The summed E-state index contributed by atoms with van der Waals surface area (Å²) in [6.45, 7) is 5.08. The molecule has 1 rings (SSSR count). The topological polar surface area (TPSA) is 66.4 Å². The Morgan fingerprint density at radius 2 is 1.94 bits per heavy atom. The maximum atomic E-state index is 11.7. The lowest BCUT2D eigenvalue weighted by molar-refractivity contribution is -0.138. The Balaban J connectivity index is 2.54. The van der Waals surface area contributed by atoms with E-state index in [2.05, 4.69) is 5.32 Å². The van der Waals surface area contributed by atoms with E-state index >= 15 is 0 Å². The molecule has 1 aromatic rings. The molecular weight excluding hydrogens is 250 g/mol. The number of aryl methyl sites for hydroxylation is 1. The van der Waals surface area contributed by atoms with Gasteiger partial charge in [0.2, 0.25) is 5.91 Å². The third-order valence-electron chi connectivity index (χ3n) is 2.50. The molecular formula is C13H17NO3S. The zero-order valence-electron chi connectivity index (χ0n) is 10.7. The first-order chi connectivity index (χ1) is 8.33. The molecule has 98 valence electrons. The summed E-state index contributed by atoms with van der Waals surface area (Å²) < 4.78 is -0.955. The standard InChI is InChI=1S/C13H17NO3S/c1-9-6-4-5-7-10(9)14-11(15)8-18-13(2,3)12(16)17/h4-7H,8H2,1-3H3,(H,14,15)(H,16,17). The highest BCUT2D eigenvalue weighted by molar-refractivity contribution is 8.02. The van der Waals surface area contributed by atoms with Gasteiger partial charge < -0.3 is 10.4 Å². The smallest absolute Gasteiger partial charge is 0.319 e. The van der Waals surface area contributed by atoms with Gasteiger partial charge in [0, 0.05) is 5.69 Å². The fourth-order valence-electron chi connectivity index (χ4n) is 1.21. The van der Waals surface area contributed by atoms with Gasteiger partial charge in [-0.25, -0.2) is 0 Å². The van der Waals surface area contributed by atoms with Gasteiger partial charge >= 0.3 is 5.97 Å². The van der Waals surface area contributed by atoms with Gasteiger partial charge in [0.1, 0.15) is 4.75 Å². The molecule has 0 spiro atoms. The molecule has 0 bridgehead atoms. The van der Waals surface area contributed by atoms with E-state index in [-0.39, 0.29) is 11.7 Å². The Morgan fingerprint density at radius 3 is 2.50 bits per heavy atom. The van der Waals surface area contributed by atoms with Crippen LogP contribution < -0.4 is 5.32 Å². The number of hydrogen-bond donors (Lipinski definition) is 2. The van der Waals surface area contributed by atoms with Gasteiger partial charge in [-0.05, 0) is 32.4 Å². The lowest BCUT2D eigenvalue weighted by Crippen LogP contribution is -2.29. The van der Waals surface area contributed by atoms with E-state index in [1.54, 1.807) is 13.8 Å². The fraction of sp³-hybridized carbons (Fsp3) is 0.385. The van der Waals surface area contributed by atoms with Crippen molar-refractivity contribution in [3.8, 4) is 0 Å². The van der Waals surface area contributed by atoms with Crippen molar-refractivity contribution in [3.05, 3.63) is 29.8 Å². The molecule has 0 saturated carbocycles. The number of carboxylic acids is 1. The van der Waals surface area contributed by atoms with E-state index in [4.69, 9.17) is 5.11 Å². The molecule has 1 amide bonds. The van der Waals surface area contributed by atoms with Crippen LogP contribution in [0, 0.1) is 6.92 Å².